The summed E-state index contributed by atoms with van der Waals surface area (Å²) in [5.41, 5.74) is 0. The summed E-state index contributed by atoms with van der Waals surface area (Å²) >= 11 is 0. The first kappa shape index (κ1) is 9.56. The molecule has 0 atom stereocenters. The number of carbonyl (C=O) groups excluding carboxylic acids is 1. The average Bonchev–Trinajstić information content (AvgIpc) is 2.37. The molecule has 0 N–H and O–H groups in total. The van der Waals surface area contributed by atoms with E-state index in [1.54, 1.807) is 0 Å². The van der Waals surface area contributed by atoms with Crippen LogP contribution in [0.25, 0.3) is 0 Å². The Morgan fingerprint density at radius 3 is 2.50 bits per heavy atom. The lowest BCUT2D eigenvalue weighted by atomic mass is 10.1. The SMILES string of the molecule is CC(C)CC(=O)OC1CCCC1. The first-order chi connectivity index (χ1) is 5.68. The fraction of sp³-hybridized carbons (Fsp3) is 0.900. The summed E-state index contributed by atoms with van der Waals surface area (Å²) < 4.78 is 5.28. The molecule has 70 valence electrons. The molecule has 2 nitrogen and oxygen atoms in total. The normalized spacial score (nSPS) is 18.6. The van der Waals surface area contributed by atoms with Gasteiger partial charge in [-0.25, -0.2) is 0 Å². The number of carbonyl (C=O) groups is 1. The first-order valence-electron chi connectivity index (χ1n) is 4.88. The van der Waals surface area contributed by atoms with E-state index in [9.17, 15) is 4.79 Å². The molecule has 1 aliphatic carbocycles. The molecule has 0 aliphatic heterocycles. The Morgan fingerprint density at radius 2 is 2.00 bits per heavy atom. The van der Waals surface area contributed by atoms with Crippen molar-refractivity contribution < 1.29 is 9.53 Å². The fourth-order valence-electron chi connectivity index (χ4n) is 1.57. The monoisotopic (exact) mass is 170 g/mol. The predicted molar refractivity (Wildman–Crippen MR) is 47.8 cm³/mol. The van der Waals surface area contributed by atoms with E-state index >= 15 is 0 Å². The second-order valence-electron chi connectivity index (χ2n) is 3.99. The Labute approximate surface area is 74.3 Å². The molecule has 0 unspecified atom stereocenters. The molecule has 0 aromatic heterocycles. The van der Waals surface area contributed by atoms with Gasteiger partial charge in [-0.3, -0.25) is 4.79 Å². The van der Waals surface area contributed by atoms with E-state index < -0.39 is 0 Å². The zero-order valence-electron chi connectivity index (χ0n) is 8.01. The van der Waals surface area contributed by atoms with Gasteiger partial charge in [-0.05, 0) is 31.6 Å². The molecule has 0 radical (unpaired) electrons. The van der Waals surface area contributed by atoms with Gasteiger partial charge in [0.25, 0.3) is 0 Å². The second kappa shape index (κ2) is 4.48. The third kappa shape index (κ3) is 3.24. The van der Waals surface area contributed by atoms with E-state index in [4.69, 9.17) is 4.74 Å². The lowest BCUT2D eigenvalue weighted by molar-refractivity contribution is -0.149. The van der Waals surface area contributed by atoms with Crippen LogP contribution in [0.15, 0.2) is 0 Å². The van der Waals surface area contributed by atoms with Gasteiger partial charge in [0.05, 0.1) is 0 Å². The van der Waals surface area contributed by atoms with Crippen molar-refractivity contribution in [2.45, 2.75) is 52.1 Å². The van der Waals surface area contributed by atoms with E-state index in [0.29, 0.717) is 12.3 Å². The molecule has 0 aromatic rings. The molecular formula is C10H18O2. The number of hydrogen-bond donors (Lipinski definition) is 0. The smallest absolute Gasteiger partial charge is 0.306 e. The summed E-state index contributed by atoms with van der Waals surface area (Å²) in [6.07, 6.45) is 5.39. The fourth-order valence-corrected chi connectivity index (χ4v) is 1.57. The van der Waals surface area contributed by atoms with Crippen molar-refractivity contribution in [3.8, 4) is 0 Å². The quantitative estimate of drug-likeness (QED) is 0.608. The number of rotatable bonds is 3. The van der Waals surface area contributed by atoms with Crippen molar-refractivity contribution in [3.63, 3.8) is 0 Å². The van der Waals surface area contributed by atoms with Crippen LogP contribution in [-0.4, -0.2) is 12.1 Å². The Morgan fingerprint density at radius 1 is 1.42 bits per heavy atom. The van der Waals surface area contributed by atoms with Gasteiger partial charge >= 0.3 is 5.97 Å². The van der Waals surface area contributed by atoms with E-state index in [-0.39, 0.29) is 12.1 Å². The highest BCUT2D eigenvalue weighted by Crippen LogP contribution is 2.21. The molecule has 2 heteroatoms. The van der Waals surface area contributed by atoms with Crippen LogP contribution in [0, 0.1) is 5.92 Å². The summed E-state index contributed by atoms with van der Waals surface area (Å²) in [6.45, 7) is 4.08. The lowest BCUT2D eigenvalue weighted by Gasteiger charge is -2.11. The third-order valence-electron chi connectivity index (χ3n) is 2.18. The molecule has 1 aliphatic rings. The molecule has 0 heterocycles. The van der Waals surface area contributed by atoms with Gasteiger partial charge in [0, 0.05) is 6.42 Å². The molecule has 0 aromatic carbocycles. The minimum atomic E-state index is -0.0168. The van der Waals surface area contributed by atoms with Crippen molar-refractivity contribution in [1.29, 1.82) is 0 Å². The van der Waals surface area contributed by atoms with Gasteiger partial charge < -0.3 is 4.74 Å². The highest BCUT2D eigenvalue weighted by atomic mass is 16.5. The van der Waals surface area contributed by atoms with Crippen LogP contribution in [0.2, 0.25) is 0 Å². The van der Waals surface area contributed by atoms with Crippen LogP contribution in [0.5, 0.6) is 0 Å². The Balaban J connectivity index is 2.16. The predicted octanol–water partition coefficient (Wildman–Crippen LogP) is 2.52. The summed E-state index contributed by atoms with van der Waals surface area (Å²) in [5, 5.41) is 0. The third-order valence-corrected chi connectivity index (χ3v) is 2.18. The molecule has 1 fully saturated rings. The molecule has 1 rings (SSSR count). The Hall–Kier alpha value is -0.530. The second-order valence-corrected chi connectivity index (χ2v) is 3.99. The largest absolute Gasteiger partial charge is 0.462 e. The highest BCUT2D eigenvalue weighted by molar-refractivity contribution is 5.69. The van der Waals surface area contributed by atoms with Crippen LogP contribution < -0.4 is 0 Å². The summed E-state index contributed by atoms with van der Waals surface area (Å²) in [6, 6.07) is 0. The van der Waals surface area contributed by atoms with Crippen LogP contribution in [-0.2, 0) is 9.53 Å². The molecule has 0 spiro atoms. The summed E-state index contributed by atoms with van der Waals surface area (Å²) in [4.78, 5) is 11.2. The Kier molecular flexibility index (Phi) is 3.57. The Bertz CT molecular complexity index is 146. The van der Waals surface area contributed by atoms with Crippen molar-refractivity contribution in [3.05, 3.63) is 0 Å². The minimum absolute atomic E-state index is 0.0168. The number of ether oxygens (including phenoxy) is 1. The highest BCUT2D eigenvalue weighted by Gasteiger charge is 2.19. The topological polar surface area (TPSA) is 26.3 Å². The van der Waals surface area contributed by atoms with Crippen molar-refractivity contribution in [2.24, 2.45) is 5.92 Å². The van der Waals surface area contributed by atoms with Crippen LogP contribution in [0.3, 0.4) is 0 Å². The number of esters is 1. The molecule has 0 amide bonds. The van der Waals surface area contributed by atoms with Crippen molar-refractivity contribution in [2.75, 3.05) is 0 Å². The van der Waals surface area contributed by atoms with Gasteiger partial charge in [0.15, 0.2) is 0 Å². The number of hydrogen-bond acceptors (Lipinski definition) is 2. The van der Waals surface area contributed by atoms with Crippen LogP contribution in [0.1, 0.15) is 46.0 Å². The average molecular weight is 170 g/mol. The van der Waals surface area contributed by atoms with E-state index in [2.05, 4.69) is 0 Å². The lowest BCUT2D eigenvalue weighted by Crippen LogP contribution is -2.15. The maximum atomic E-state index is 11.2. The van der Waals surface area contributed by atoms with Crippen LogP contribution >= 0.6 is 0 Å². The molecule has 0 bridgehead atoms. The van der Waals surface area contributed by atoms with Crippen molar-refractivity contribution >= 4 is 5.97 Å². The summed E-state index contributed by atoms with van der Waals surface area (Å²) in [5.74, 6) is 0.399. The molecule has 12 heavy (non-hydrogen) atoms. The molecule has 1 saturated carbocycles. The van der Waals surface area contributed by atoms with Crippen LogP contribution in [0.4, 0.5) is 0 Å². The maximum Gasteiger partial charge on any atom is 0.306 e. The standard InChI is InChI=1S/C10H18O2/c1-8(2)7-10(11)12-9-5-3-4-6-9/h8-9H,3-7H2,1-2H3. The molecule has 0 saturated heterocycles. The zero-order chi connectivity index (χ0) is 8.97. The maximum absolute atomic E-state index is 11.2. The van der Waals surface area contributed by atoms with Gasteiger partial charge in [-0.2, -0.15) is 0 Å². The molecular weight excluding hydrogens is 152 g/mol. The summed E-state index contributed by atoms with van der Waals surface area (Å²) in [7, 11) is 0. The van der Waals surface area contributed by atoms with E-state index in [1.807, 2.05) is 13.8 Å². The van der Waals surface area contributed by atoms with Gasteiger partial charge in [0.1, 0.15) is 6.10 Å². The van der Waals surface area contributed by atoms with Gasteiger partial charge in [-0.15, -0.1) is 0 Å². The van der Waals surface area contributed by atoms with Crippen molar-refractivity contribution in [1.82, 2.24) is 0 Å². The minimum Gasteiger partial charge on any atom is -0.462 e. The van der Waals surface area contributed by atoms with E-state index in [1.165, 1.54) is 12.8 Å². The zero-order valence-corrected chi connectivity index (χ0v) is 8.01. The van der Waals surface area contributed by atoms with E-state index in [0.717, 1.165) is 12.8 Å². The van der Waals surface area contributed by atoms with Gasteiger partial charge in [-0.1, -0.05) is 13.8 Å². The van der Waals surface area contributed by atoms with Gasteiger partial charge in [0.2, 0.25) is 0 Å². The first-order valence-corrected chi connectivity index (χ1v) is 4.88.